The number of aryl methyl sites for hydroxylation is 1. The van der Waals surface area contributed by atoms with Crippen molar-refractivity contribution in [2.45, 2.75) is 30.9 Å². The van der Waals surface area contributed by atoms with Gasteiger partial charge in [-0.15, -0.1) is 0 Å². The number of amides is 1. The molecular weight excluding hydrogens is 400 g/mol. The molecule has 0 aliphatic rings. The van der Waals surface area contributed by atoms with Gasteiger partial charge in [-0.05, 0) is 56.7 Å². The van der Waals surface area contributed by atoms with E-state index < -0.39 is 10.8 Å². The highest BCUT2D eigenvalue weighted by molar-refractivity contribution is 7.84. The Kier molecular flexibility index (Phi) is 7.93. The Balaban J connectivity index is 1.62. The summed E-state index contributed by atoms with van der Waals surface area (Å²) in [5.41, 5.74) is 2.01. The van der Waals surface area contributed by atoms with E-state index in [4.69, 9.17) is 9.15 Å². The van der Waals surface area contributed by atoms with Gasteiger partial charge in [0, 0.05) is 35.8 Å². The van der Waals surface area contributed by atoms with Gasteiger partial charge >= 0.3 is 0 Å². The second-order valence-electron chi connectivity index (χ2n) is 6.71. The molecule has 3 rings (SSSR count). The Morgan fingerprint density at radius 2 is 1.87 bits per heavy atom. The maximum absolute atomic E-state index is 12.6. The molecule has 0 saturated heterocycles. The molecule has 1 aromatic heterocycles. The van der Waals surface area contributed by atoms with Crippen LogP contribution in [0.1, 0.15) is 35.2 Å². The molecule has 0 fully saturated rings. The molecule has 30 heavy (non-hydrogen) atoms. The lowest BCUT2D eigenvalue weighted by Crippen LogP contribution is -2.25. The van der Waals surface area contributed by atoms with E-state index in [0.717, 1.165) is 16.9 Å². The van der Waals surface area contributed by atoms with Crippen molar-refractivity contribution in [3.05, 3.63) is 71.6 Å². The van der Waals surface area contributed by atoms with Crippen LogP contribution in [0.25, 0.3) is 11.5 Å². The predicted molar refractivity (Wildman–Crippen MR) is 117 cm³/mol. The van der Waals surface area contributed by atoms with Crippen LogP contribution in [0, 0.1) is 6.92 Å². The molecule has 0 aliphatic heterocycles. The van der Waals surface area contributed by atoms with Crippen molar-refractivity contribution in [1.29, 1.82) is 0 Å². The van der Waals surface area contributed by atoms with Crippen LogP contribution in [0.5, 0.6) is 0 Å². The van der Waals surface area contributed by atoms with Gasteiger partial charge in [-0.1, -0.05) is 18.2 Å². The van der Waals surface area contributed by atoms with Gasteiger partial charge in [-0.25, -0.2) is 4.98 Å². The van der Waals surface area contributed by atoms with E-state index in [1.165, 1.54) is 0 Å². The summed E-state index contributed by atoms with van der Waals surface area (Å²) >= 11 is 0. The molecule has 1 heterocycles. The van der Waals surface area contributed by atoms with Crippen LogP contribution in [0.15, 0.2) is 63.9 Å². The highest BCUT2D eigenvalue weighted by atomic mass is 32.2. The second-order valence-corrected chi connectivity index (χ2v) is 8.16. The minimum absolute atomic E-state index is 0.124. The number of carbonyl (C=O) groups excluding carboxylic acids is 1. The lowest BCUT2D eigenvalue weighted by molar-refractivity contribution is 0.0944. The number of nitrogens with zero attached hydrogens (tertiary/aromatic N) is 1. The van der Waals surface area contributed by atoms with Crippen LogP contribution >= 0.6 is 0 Å². The van der Waals surface area contributed by atoms with Gasteiger partial charge in [-0.3, -0.25) is 9.00 Å². The van der Waals surface area contributed by atoms with Gasteiger partial charge in [0.25, 0.3) is 5.91 Å². The predicted octanol–water partition coefficient (Wildman–Crippen LogP) is 4.11. The number of carbonyl (C=O) groups is 1. The number of oxazole rings is 1. The first-order valence-electron chi connectivity index (χ1n) is 9.94. The molecule has 2 aromatic carbocycles. The first-order chi connectivity index (χ1) is 14.6. The fourth-order valence-corrected chi connectivity index (χ4v) is 4.00. The smallest absolute Gasteiger partial charge is 0.251 e. The van der Waals surface area contributed by atoms with Gasteiger partial charge in [-0.2, -0.15) is 0 Å². The van der Waals surface area contributed by atoms with Crippen molar-refractivity contribution in [3.8, 4) is 11.5 Å². The van der Waals surface area contributed by atoms with Crippen LogP contribution in [0.4, 0.5) is 0 Å². The van der Waals surface area contributed by atoms with Gasteiger partial charge in [0.2, 0.25) is 5.89 Å². The monoisotopic (exact) mass is 426 g/mol. The summed E-state index contributed by atoms with van der Waals surface area (Å²) in [7, 11) is -1.19. The number of nitrogens with one attached hydrogen (secondary N) is 1. The molecule has 1 amide bonds. The van der Waals surface area contributed by atoms with Crippen LogP contribution < -0.4 is 5.32 Å². The maximum atomic E-state index is 12.6. The van der Waals surface area contributed by atoms with Gasteiger partial charge < -0.3 is 14.5 Å². The lowest BCUT2D eigenvalue weighted by atomic mass is 10.1. The summed E-state index contributed by atoms with van der Waals surface area (Å²) in [6.45, 7) is 5.65. The molecule has 7 heteroatoms. The van der Waals surface area contributed by atoms with E-state index in [1.54, 1.807) is 24.3 Å². The van der Waals surface area contributed by atoms with Crippen molar-refractivity contribution in [2.75, 3.05) is 19.8 Å². The zero-order chi connectivity index (χ0) is 21.3. The molecule has 1 N–H and O–H groups in total. The summed E-state index contributed by atoms with van der Waals surface area (Å²) in [5, 5.41) is 2.88. The Morgan fingerprint density at radius 3 is 2.57 bits per heavy atom. The van der Waals surface area contributed by atoms with E-state index in [1.807, 2.05) is 44.2 Å². The largest absolute Gasteiger partial charge is 0.441 e. The van der Waals surface area contributed by atoms with Crippen LogP contribution in [-0.2, 0) is 21.3 Å². The molecular formula is C23H26N2O4S. The molecule has 0 unspecified atom stereocenters. The Labute approximate surface area is 179 Å². The van der Waals surface area contributed by atoms with E-state index >= 15 is 0 Å². The highest BCUT2D eigenvalue weighted by Gasteiger charge is 2.15. The third-order valence-corrected chi connectivity index (χ3v) is 5.85. The fraction of sp³-hybridized carbons (Fsp3) is 0.304. The molecule has 0 aliphatic carbocycles. The second kappa shape index (κ2) is 10.8. The quantitative estimate of drug-likeness (QED) is 0.493. The number of benzene rings is 2. The standard InChI is InChI=1S/C23H26N2O4S/c1-3-28-15-7-14-24-22(26)18-10-12-19(13-11-18)23-25-21(17(2)29-23)16-30(27)20-8-5-4-6-9-20/h4-6,8-13H,3,7,14-16H2,1-2H3,(H,24,26)/t30-/m0/s1. The molecule has 0 saturated carbocycles. The Bertz CT molecular complexity index is 984. The van der Waals surface area contributed by atoms with Crippen molar-refractivity contribution < 1.29 is 18.2 Å². The normalized spacial score (nSPS) is 11.9. The SMILES string of the molecule is CCOCCCNC(=O)c1ccc(-c2nc(C[S@](=O)c3ccccc3)c(C)o2)cc1. The van der Waals surface area contributed by atoms with Gasteiger partial charge in [0.05, 0.1) is 22.2 Å². The number of hydrogen-bond acceptors (Lipinski definition) is 5. The molecule has 0 spiro atoms. The summed E-state index contributed by atoms with van der Waals surface area (Å²) in [4.78, 5) is 17.5. The summed E-state index contributed by atoms with van der Waals surface area (Å²) in [6, 6.07) is 16.4. The van der Waals surface area contributed by atoms with Crippen LogP contribution in [-0.4, -0.2) is 34.9 Å². The van der Waals surface area contributed by atoms with E-state index in [2.05, 4.69) is 10.3 Å². The third-order valence-electron chi connectivity index (χ3n) is 4.52. The highest BCUT2D eigenvalue weighted by Crippen LogP contribution is 2.24. The summed E-state index contributed by atoms with van der Waals surface area (Å²) in [5.74, 6) is 1.27. The zero-order valence-corrected chi connectivity index (χ0v) is 18.0. The Hall–Kier alpha value is -2.77. The molecule has 1 atom stereocenters. The lowest BCUT2D eigenvalue weighted by Gasteiger charge is -2.05. The van der Waals surface area contributed by atoms with Gasteiger partial charge in [0.1, 0.15) is 5.76 Å². The Morgan fingerprint density at radius 1 is 1.13 bits per heavy atom. The van der Waals surface area contributed by atoms with E-state index in [9.17, 15) is 9.00 Å². The number of hydrogen-bond donors (Lipinski definition) is 1. The molecule has 0 bridgehead atoms. The zero-order valence-electron chi connectivity index (χ0n) is 17.2. The van der Waals surface area contributed by atoms with Crippen LogP contribution in [0.3, 0.4) is 0 Å². The van der Waals surface area contributed by atoms with Crippen molar-refractivity contribution in [2.24, 2.45) is 0 Å². The van der Waals surface area contributed by atoms with E-state index in [0.29, 0.717) is 48.4 Å². The molecule has 0 radical (unpaired) electrons. The molecule has 158 valence electrons. The van der Waals surface area contributed by atoms with Crippen LogP contribution in [0.2, 0.25) is 0 Å². The number of aromatic nitrogens is 1. The van der Waals surface area contributed by atoms with Crippen molar-refractivity contribution >= 4 is 16.7 Å². The maximum Gasteiger partial charge on any atom is 0.251 e. The fourth-order valence-electron chi connectivity index (χ4n) is 2.85. The minimum Gasteiger partial charge on any atom is -0.441 e. The van der Waals surface area contributed by atoms with E-state index in [-0.39, 0.29) is 5.91 Å². The first-order valence-corrected chi connectivity index (χ1v) is 11.3. The topological polar surface area (TPSA) is 81.4 Å². The molecule has 6 nitrogen and oxygen atoms in total. The number of rotatable bonds is 10. The summed E-state index contributed by atoms with van der Waals surface area (Å²) < 4.78 is 23.6. The minimum atomic E-state index is -1.19. The number of ether oxygens (including phenoxy) is 1. The average Bonchev–Trinajstić information content (AvgIpc) is 3.14. The van der Waals surface area contributed by atoms with Gasteiger partial charge in [0.15, 0.2) is 0 Å². The molecule has 3 aromatic rings. The van der Waals surface area contributed by atoms with Crippen molar-refractivity contribution in [3.63, 3.8) is 0 Å². The third kappa shape index (κ3) is 5.87. The summed E-state index contributed by atoms with van der Waals surface area (Å²) in [6.07, 6.45) is 0.778. The first kappa shape index (κ1) is 21.9. The average molecular weight is 427 g/mol. The van der Waals surface area contributed by atoms with Crippen molar-refractivity contribution in [1.82, 2.24) is 10.3 Å².